The number of amides is 2. The molecule has 0 aliphatic carbocycles. The van der Waals surface area contributed by atoms with Crippen molar-refractivity contribution in [2.24, 2.45) is 0 Å². The van der Waals surface area contributed by atoms with E-state index >= 15 is 0 Å². The Morgan fingerprint density at radius 2 is 1.97 bits per heavy atom. The Balaban J connectivity index is 1.53. The molecule has 12 heteroatoms. The van der Waals surface area contributed by atoms with Crippen LogP contribution < -0.4 is 15.4 Å². The first-order valence-electron chi connectivity index (χ1n) is 11.5. The first kappa shape index (κ1) is 25.7. The minimum absolute atomic E-state index is 0.0366. The van der Waals surface area contributed by atoms with E-state index in [0.717, 1.165) is 22.3 Å². The number of Topliss-reactive ketones (excluding diaryl/α,β-unsaturated/α-hetero) is 1. The average Bonchev–Trinajstić information content (AvgIpc) is 3.21. The van der Waals surface area contributed by atoms with Gasteiger partial charge in [-0.25, -0.2) is 18.7 Å². The van der Waals surface area contributed by atoms with E-state index in [4.69, 9.17) is 9.47 Å². The van der Waals surface area contributed by atoms with Gasteiger partial charge in [-0.2, -0.15) is 5.10 Å². The lowest BCUT2D eigenvalue weighted by Crippen LogP contribution is -2.42. The van der Waals surface area contributed by atoms with E-state index in [2.05, 4.69) is 20.7 Å². The van der Waals surface area contributed by atoms with Crippen LogP contribution >= 0.6 is 0 Å². The first-order valence-corrected chi connectivity index (χ1v) is 11.5. The Bertz CT molecular complexity index is 1410. The second-order valence-electron chi connectivity index (χ2n) is 9.61. The summed E-state index contributed by atoms with van der Waals surface area (Å²) in [5, 5.41) is 8.98. The van der Waals surface area contributed by atoms with Crippen LogP contribution in [-0.2, 0) is 27.3 Å². The fourth-order valence-corrected chi connectivity index (χ4v) is 3.65. The fraction of sp³-hybridized carbons (Fsp3) is 0.360. The molecule has 1 atom stereocenters. The third-order valence-corrected chi connectivity index (χ3v) is 5.36. The van der Waals surface area contributed by atoms with Crippen LogP contribution in [0.5, 0.6) is 5.75 Å². The maximum absolute atomic E-state index is 14.3. The zero-order valence-corrected chi connectivity index (χ0v) is 20.8. The number of fused-ring (bicyclic) bond motifs is 2. The van der Waals surface area contributed by atoms with Crippen molar-refractivity contribution in [3.05, 3.63) is 58.8 Å². The molecular weight excluding hydrogens is 485 g/mol. The number of aromatic nitrogens is 3. The monoisotopic (exact) mass is 511 g/mol. The number of ketones is 1. The highest BCUT2D eigenvalue weighted by Crippen LogP contribution is 2.24. The quantitative estimate of drug-likeness (QED) is 0.477. The van der Waals surface area contributed by atoms with E-state index in [-0.39, 0.29) is 42.4 Å². The van der Waals surface area contributed by atoms with Crippen LogP contribution in [0.1, 0.15) is 59.8 Å². The number of rotatable bonds is 6. The summed E-state index contributed by atoms with van der Waals surface area (Å²) in [5.41, 5.74) is -0.0608. The van der Waals surface area contributed by atoms with E-state index in [1.165, 1.54) is 6.92 Å². The van der Waals surface area contributed by atoms with Gasteiger partial charge in [-0.1, -0.05) is 6.07 Å². The van der Waals surface area contributed by atoms with Crippen LogP contribution in [-0.4, -0.2) is 56.4 Å². The molecule has 1 aromatic carbocycles. The van der Waals surface area contributed by atoms with Crippen molar-refractivity contribution in [3.63, 3.8) is 0 Å². The molecular formula is C25H26FN5O6. The number of halogens is 1. The van der Waals surface area contributed by atoms with Crippen molar-refractivity contribution >= 4 is 29.2 Å². The molecule has 0 saturated heterocycles. The van der Waals surface area contributed by atoms with Crippen molar-refractivity contribution in [3.8, 4) is 5.75 Å². The van der Waals surface area contributed by atoms with Gasteiger partial charge < -0.3 is 20.1 Å². The molecule has 4 rings (SSSR count). The third-order valence-electron chi connectivity index (χ3n) is 5.36. The number of carbonyl (C=O) groups excluding carboxylic acids is 4. The summed E-state index contributed by atoms with van der Waals surface area (Å²) in [5.74, 6) is -2.35. The molecule has 2 aromatic heterocycles. The summed E-state index contributed by atoms with van der Waals surface area (Å²) in [4.78, 5) is 53.8. The number of benzene rings is 1. The van der Waals surface area contributed by atoms with Crippen molar-refractivity contribution in [2.45, 2.75) is 52.3 Å². The van der Waals surface area contributed by atoms with E-state index in [1.54, 1.807) is 39.0 Å². The number of nitrogens with zero attached hydrogens (tertiary/aromatic N) is 3. The molecule has 0 radical (unpaired) electrons. The zero-order chi connectivity index (χ0) is 26.9. The van der Waals surface area contributed by atoms with E-state index in [0.29, 0.717) is 11.3 Å². The lowest BCUT2D eigenvalue weighted by Gasteiger charge is -2.22. The Labute approximate surface area is 211 Å². The van der Waals surface area contributed by atoms with Gasteiger partial charge in [0.25, 0.3) is 11.8 Å². The van der Waals surface area contributed by atoms with E-state index < -0.39 is 35.2 Å². The minimum Gasteiger partial charge on any atom is -0.486 e. The van der Waals surface area contributed by atoms with Crippen molar-refractivity contribution in [1.82, 2.24) is 25.2 Å². The molecule has 1 aliphatic heterocycles. The minimum atomic E-state index is -1.02. The molecule has 3 heterocycles. The topological polar surface area (TPSA) is 141 Å². The summed E-state index contributed by atoms with van der Waals surface area (Å²) in [6.07, 6.45) is 1.12. The van der Waals surface area contributed by atoms with Gasteiger partial charge in [-0.15, -0.1) is 0 Å². The number of ether oxygens (including phenoxy) is 2. The Morgan fingerprint density at radius 3 is 2.70 bits per heavy atom. The average molecular weight is 512 g/mol. The summed E-state index contributed by atoms with van der Waals surface area (Å²) in [6, 6.07) is 5.37. The van der Waals surface area contributed by atoms with Crippen LogP contribution in [0.2, 0.25) is 0 Å². The van der Waals surface area contributed by atoms with Crippen LogP contribution in [0.15, 0.2) is 30.5 Å². The highest BCUT2D eigenvalue weighted by atomic mass is 19.1. The summed E-state index contributed by atoms with van der Waals surface area (Å²) in [7, 11) is 0. The molecule has 0 unspecified atom stereocenters. The van der Waals surface area contributed by atoms with Crippen molar-refractivity contribution < 1.29 is 33.0 Å². The maximum atomic E-state index is 14.3. The zero-order valence-electron chi connectivity index (χ0n) is 20.8. The molecule has 3 aromatic rings. The standard InChI is InChI=1S/C25H26FN5O6/c1-13(24(35)37-25(2,3)4)29-23(34)19-9-18(30-21-17(26)11-28-31(19)21)22(33)27-10-14-5-6-20-15(7-14)8-16(32)12-36-20/h5-7,9,11,13H,8,10,12H2,1-4H3,(H,27,33)(H,29,34)/t13-/m0/s1. The van der Waals surface area contributed by atoms with Gasteiger partial charge in [0.15, 0.2) is 17.2 Å². The molecule has 0 saturated carbocycles. The van der Waals surface area contributed by atoms with Gasteiger partial charge in [0.2, 0.25) is 0 Å². The Hall–Kier alpha value is -4.35. The molecule has 0 bridgehead atoms. The molecule has 2 N–H and O–H groups in total. The fourth-order valence-electron chi connectivity index (χ4n) is 3.65. The Morgan fingerprint density at radius 1 is 1.22 bits per heavy atom. The predicted octanol–water partition coefficient (Wildman–Crippen LogP) is 1.76. The van der Waals surface area contributed by atoms with E-state index in [9.17, 15) is 23.6 Å². The number of nitrogens with one attached hydrogen (secondary N) is 2. The Kier molecular flexibility index (Phi) is 6.92. The first-order chi connectivity index (χ1) is 17.4. The largest absolute Gasteiger partial charge is 0.486 e. The summed E-state index contributed by atoms with van der Waals surface area (Å²) in [6.45, 7) is 6.65. The second-order valence-corrected chi connectivity index (χ2v) is 9.61. The van der Waals surface area contributed by atoms with Gasteiger partial charge >= 0.3 is 5.97 Å². The number of hydrogen-bond acceptors (Lipinski definition) is 8. The summed E-state index contributed by atoms with van der Waals surface area (Å²) >= 11 is 0. The normalized spacial score (nSPS) is 13.9. The van der Waals surface area contributed by atoms with Gasteiger partial charge in [0, 0.05) is 24.6 Å². The molecule has 0 fully saturated rings. The SMILES string of the molecule is C[C@H](NC(=O)c1cc(C(=O)NCc2ccc3c(c2)CC(=O)CO3)nc2c(F)cnn12)C(=O)OC(C)(C)C. The second kappa shape index (κ2) is 9.96. The van der Waals surface area contributed by atoms with Crippen LogP contribution in [0.3, 0.4) is 0 Å². The predicted molar refractivity (Wildman–Crippen MR) is 128 cm³/mol. The van der Waals surface area contributed by atoms with Crippen LogP contribution in [0.4, 0.5) is 4.39 Å². The smallest absolute Gasteiger partial charge is 0.328 e. The molecule has 37 heavy (non-hydrogen) atoms. The van der Waals surface area contributed by atoms with Crippen molar-refractivity contribution in [1.29, 1.82) is 0 Å². The van der Waals surface area contributed by atoms with Gasteiger partial charge in [-0.3, -0.25) is 14.4 Å². The van der Waals surface area contributed by atoms with Crippen LogP contribution in [0.25, 0.3) is 5.65 Å². The number of esters is 1. The summed E-state index contributed by atoms with van der Waals surface area (Å²) < 4.78 is 25.9. The van der Waals surface area contributed by atoms with E-state index in [1.807, 2.05) is 0 Å². The molecule has 194 valence electrons. The molecule has 0 spiro atoms. The number of carbonyl (C=O) groups is 4. The molecule has 2 amide bonds. The third kappa shape index (κ3) is 5.90. The van der Waals surface area contributed by atoms with Gasteiger partial charge in [0.05, 0.1) is 6.20 Å². The molecule has 1 aliphatic rings. The van der Waals surface area contributed by atoms with Crippen molar-refractivity contribution in [2.75, 3.05) is 6.61 Å². The lowest BCUT2D eigenvalue weighted by atomic mass is 10.0. The van der Waals surface area contributed by atoms with Gasteiger partial charge in [-0.05, 0) is 45.4 Å². The maximum Gasteiger partial charge on any atom is 0.328 e. The van der Waals surface area contributed by atoms with Gasteiger partial charge in [0.1, 0.15) is 35.4 Å². The number of hydrogen-bond donors (Lipinski definition) is 2. The molecule has 11 nitrogen and oxygen atoms in total. The van der Waals surface area contributed by atoms with Crippen LogP contribution in [0, 0.1) is 5.82 Å². The highest BCUT2D eigenvalue weighted by Gasteiger charge is 2.26. The lowest BCUT2D eigenvalue weighted by molar-refractivity contribution is -0.156. The highest BCUT2D eigenvalue weighted by molar-refractivity contribution is 5.99.